The number of hydrogen-bond donors (Lipinski definition) is 0. The maximum absolute atomic E-state index is 12.7. The number of carbonyl (C=O) groups is 3. The van der Waals surface area contributed by atoms with Gasteiger partial charge in [-0.25, -0.2) is 0 Å². The summed E-state index contributed by atoms with van der Waals surface area (Å²) in [6, 6.07) is 0. The Bertz CT molecular complexity index is 1110. The first-order valence-corrected chi connectivity index (χ1v) is 22.1. The first kappa shape index (κ1) is 51.6. The zero-order valence-corrected chi connectivity index (χ0v) is 35.4. The van der Waals surface area contributed by atoms with Crippen LogP contribution in [0, 0.1) is 0 Å². The second kappa shape index (κ2) is 43.3. The lowest BCUT2D eigenvalue weighted by molar-refractivity contribution is -0.167. The summed E-state index contributed by atoms with van der Waals surface area (Å²) in [5.41, 5.74) is 0. The maximum atomic E-state index is 12.7. The molecule has 55 heavy (non-hydrogen) atoms. The van der Waals surface area contributed by atoms with E-state index in [0.29, 0.717) is 19.3 Å². The molecule has 0 heterocycles. The Hall–Kier alpha value is -3.41. The number of rotatable bonds is 38. The molecule has 0 aromatic carbocycles. The molecule has 1 unspecified atom stereocenters. The Morgan fingerprint density at radius 3 is 1.15 bits per heavy atom. The van der Waals surface area contributed by atoms with Crippen molar-refractivity contribution < 1.29 is 28.6 Å². The number of carbonyl (C=O) groups excluding carboxylic acids is 3. The molecule has 6 nitrogen and oxygen atoms in total. The van der Waals surface area contributed by atoms with Gasteiger partial charge < -0.3 is 14.2 Å². The van der Waals surface area contributed by atoms with Gasteiger partial charge in [-0.2, -0.15) is 0 Å². The molecular formula is C49H80O6. The minimum absolute atomic E-state index is 0.103. The topological polar surface area (TPSA) is 78.9 Å². The van der Waals surface area contributed by atoms with E-state index < -0.39 is 6.10 Å². The Labute approximate surface area is 337 Å². The van der Waals surface area contributed by atoms with Gasteiger partial charge in [0.1, 0.15) is 13.2 Å². The van der Waals surface area contributed by atoms with Crippen molar-refractivity contribution in [2.75, 3.05) is 13.2 Å². The minimum atomic E-state index is -0.805. The first-order valence-electron chi connectivity index (χ1n) is 22.1. The monoisotopic (exact) mass is 765 g/mol. The molecule has 0 rings (SSSR count). The molecule has 0 bridgehead atoms. The van der Waals surface area contributed by atoms with Crippen LogP contribution in [0.4, 0.5) is 0 Å². The van der Waals surface area contributed by atoms with Crippen LogP contribution < -0.4 is 0 Å². The van der Waals surface area contributed by atoms with Crippen molar-refractivity contribution in [1.29, 1.82) is 0 Å². The number of hydrogen-bond acceptors (Lipinski definition) is 6. The molecule has 0 aliphatic carbocycles. The third-order valence-corrected chi connectivity index (χ3v) is 8.90. The van der Waals surface area contributed by atoms with Crippen LogP contribution in [0.15, 0.2) is 85.1 Å². The lowest BCUT2D eigenvalue weighted by Crippen LogP contribution is -2.30. The molecule has 0 aromatic heterocycles. The van der Waals surface area contributed by atoms with Gasteiger partial charge in [-0.05, 0) is 89.9 Å². The number of allylic oxidation sites excluding steroid dienone is 14. The third-order valence-electron chi connectivity index (χ3n) is 8.90. The maximum Gasteiger partial charge on any atom is 0.306 e. The zero-order valence-electron chi connectivity index (χ0n) is 35.4. The largest absolute Gasteiger partial charge is 0.462 e. The standard InChI is InChI=1S/C49H80O6/c1-4-7-10-13-16-19-21-23-24-25-26-28-30-33-36-39-42-48(51)54-45-46(44-53-47(50)41-38-35-32-29-18-15-12-9-6-3)55-49(52)43-40-37-34-31-27-22-20-17-14-11-8-5-2/h7-8,10-11,16-17,19-20,23-24,26-28,31,46H,4-6,9,12-15,18,21-22,25,29-30,32-45H2,1-3H3/b10-7-,11-8-,19-16-,20-17-,24-23-,28-26-,31-27-. The van der Waals surface area contributed by atoms with Crippen molar-refractivity contribution in [1.82, 2.24) is 0 Å². The number of unbranched alkanes of at least 4 members (excludes halogenated alkanes) is 13. The Kier molecular flexibility index (Phi) is 40.6. The van der Waals surface area contributed by atoms with E-state index in [9.17, 15) is 14.4 Å². The summed E-state index contributed by atoms with van der Waals surface area (Å²) in [5, 5.41) is 0. The van der Waals surface area contributed by atoms with Crippen LogP contribution in [0.3, 0.4) is 0 Å². The van der Waals surface area contributed by atoms with Gasteiger partial charge in [0, 0.05) is 19.3 Å². The highest BCUT2D eigenvalue weighted by Gasteiger charge is 2.19. The molecule has 0 N–H and O–H groups in total. The highest BCUT2D eigenvalue weighted by Crippen LogP contribution is 2.12. The Morgan fingerprint density at radius 2 is 0.709 bits per heavy atom. The lowest BCUT2D eigenvalue weighted by Gasteiger charge is -2.18. The van der Waals surface area contributed by atoms with E-state index in [1.807, 2.05) is 0 Å². The summed E-state index contributed by atoms with van der Waals surface area (Å²) < 4.78 is 16.6. The van der Waals surface area contributed by atoms with Crippen molar-refractivity contribution in [3.05, 3.63) is 85.1 Å². The molecule has 6 heteroatoms. The number of ether oxygens (including phenoxy) is 3. The second-order valence-corrected chi connectivity index (χ2v) is 14.2. The van der Waals surface area contributed by atoms with Gasteiger partial charge in [0.2, 0.25) is 0 Å². The summed E-state index contributed by atoms with van der Waals surface area (Å²) in [5.74, 6) is -0.987. The third kappa shape index (κ3) is 41.6. The smallest absolute Gasteiger partial charge is 0.306 e. The highest BCUT2D eigenvalue weighted by molar-refractivity contribution is 5.71. The van der Waals surface area contributed by atoms with E-state index >= 15 is 0 Å². The molecule has 0 aromatic rings. The van der Waals surface area contributed by atoms with Crippen molar-refractivity contribution in [2.45, 2.75) is 194 Å². The molecule has 0 radical (unpaired) electrons. The molecule has 312 valence electrons. The van der Waals surface area contributed by atoms with Crippen LogP contribution in [0.1, 0.15) is 188 Å². The molecule has 0 saturated carbocycles. The van der Waals surface area contributed by atoms with E-state index in [2.05, 4.69) is 106 Å². The van der Waals surface area contributed by atoms with Gasteiger partial charge in [0.15, 0.2) is 6.10 Å². The van der Waals surface area contributed by atoms with Crippen molar-refractivity contribution in [3.63, 3.8) is 0 Å². The van der Waals surface area contributed by atoms with Crippen LogP contribution in [-0.2, 0) is 28.6 Å². The van der Waals surface area contributed by atoms with Gasteiger partial charge in [-0.1, -0.05) is 164 Å². The fraction of sp³-hybridized carbons (Fsp3) is 0.653. The predicted molar refractivity (Wildman–Crippen MR) is 233 cm³/mol. The molecule has 0 aliphatic heterocycles. The van der Waals surface area contributed by atoms with Crippen LogP contribution >= 0.6 is 0 Å². The molecule has 0 aliphatic rings. The van der Waals surface area contributed by atoms with E-state index in [4.69, 9.17) is 14.2 Å². The summed E-state index contributed by atoms with van der Waals surface area (Å²) >= 11 is 0. The molecule has 0 spiro atoms. The lowest BCUT2D eigenvalue weighted by atomic mass is 10.1. The summed E-state index contributed by atoms with van der Waals surface area (Å²) in [7, 11) is 0. The fourth-order valence-electron chi connectivity index (χ4n) is 5.62. The van der Waals surface area contributed by atoms with Gasteiger partial charge in [0.25, 0.3) is 0 Å². The van der Waals surface area contributed by atoms with Crippen molar-refractivity contribution in [3.8, 4) is 0 Å². The van der Waals surface area contributed by atoms with E-state index in [0.717, 1.165) is 103 Å². The van der Waals surface area contributed by atoms with Crippen LogP contribution in [0.5, 0.6) is 0 Å². The van der Waals surface area contributed by atoms with Gasteiger partial charge in [-0.3, -0.25) is 14.4 Å². The molecule has 1 atom stereocenters. The quantitative estimate of drug-likeness (QED) is 0.0270. The normalized spacial score (nSPS) is 12.9. The second-order valence-electron chi connectivity index (χ2n) is 14.2. The molecule has 0 amide bonds. The first-order chi connectivity index (χ1) is 27.0. The highest BCUT2D eigenvalue weighted by atomic mass is 16.6. The Balaban J connectivity index is 4.48. The number of esters is 3. The average Bonchev–Trinajstić information content (AvgIpc) is 3.18. The molecular weight excluding hydrogens is 685 g/mol. The predicted octanol–water partition coefficient (Wildman–Crippen LogP) is 14.1. The molecule has 0 fully saturated rings. The molecule has 0 saturated heterocycles. The summed E-state index contributed by atoms with van der Waals surface area (Å²) in [6.07, 6.45) is 54.3. The van der Waals surface area contributed by atoms with Gasteiger partial charge >= 0.3 is 17.9 Å². The van der Waals surface area contributed by atoms with E-state index in [1.165, 1.54) is 38.5 Å². The fourth-order valence-corrected chi connectivity index (χ4v) is 5.62. The SMILES string of the molecule is CC/C=C\C/C=C\C/C=C\C/C=C\CCCCCC(=O)OCC(COC(=O)CCCCCCCCCCC)OC(=O)CCCC/C=C\C/C=C\C/C=C\CC. The van der Waals surface area contributed by atoms with Crippen LogP contribution in [-0.4, -0.2) is 37.2 Å². The van der Waals surface area contributed by atoms with E-state index in [1.54, 1.807) is 0 Å². The van der Waals surface area contributed by atoms with Crippen LogP contribution in [0.2, 0.25) is 0 Å². The Morgan fingerprint density at radius 1 is 0.382 bits per heavy atom. The van der Waals surface area contributed by atoms with Crippen molar-refractivity contribution in [2.24, 2.45) is 0 Å². The van der Waals surface area contributed by atoms with Crippen LogP contribution in [0.25, 0.3) is 0 Å². The van der Waals surface area contributed by atoms with Crippen molar-refractivity contribution >= 4 is 17.9 Å². The minimum Gasteiger partial charge on any atom is -0.462 e. The van der Waals surface area contributed by atoms with E-state index in [-0.39, 0.29) is 37.5 Å². The van der Waals surface area contributed by atoms with Gasteiger partial charge in [0.05, 0.1) is 0 Å². The summed E-state index contributed by atoms with van der Waals surface area (Å²) in [4.78, 5) is 37.6. The van der Waals surface area contributed by atoms with Gasteiger partial charge in [-0.15, -0.1) is 0 Å². The average molecular weight is 765 g/mol. The summed E-state index contributed by atoms with van der Waals surface area (Å²) in [6.45, 7) is 6.29. The zero-order chi connectivity index (χ0) is 40.1.